The highest BCUT2D eigenvalue weighted by molar-refractivity contribution is 6.00. The molecular weight excluding hydrogens is 296 g/mol. The molecule has 0 radical (unpaired) electrons. The quantitative estimate of drug-likeness (QED) is 0.832. The number of esters is 1. The number of aromatic nitrogens is 1. The zero-order chi connectivity index (χ0) is 17.1. The lowest BCUT2D eigenvalue weighted by Crippen LogP contribution is -2.21. The van der Waals surface area contributed by atoms with Gasteiger partial charge in [-0.2, -0.15) is 5.26 Å². The van der Waals surface area contributed by atoms with Gasteiger partial charge in [0.1, 0.15) is 6.07 Å². The summed E-state index contributed by atoms with van der Waals surface area (Å²) in [5.74, 6) is -1.000. The van der Waals surface area contributed by atoms with Crippen molar-refractivity contribution in [3.05, 3.63) is 46.8 Å². The summed E-state index contributed by atoms with van der Waals surface area (Å²) in [4.78, 5) is 24.2. The summed E-state index contributed by atoms with van der Waals surface area (Å²) < 4.78 is 6.18. The molecule has 7 nitrogen and oxygen atoms in total. The summed E-state index contributed by atoms with van der Waals surface area (Å²) in [6.45, 7) is 1.80. The monoisotopic (exact) mass is 312 g/mol. The summed E-state index contributed by atoms with van der Waals surface area (Å²) in [6.07, 6.45) is 1.43. The van der Waals surface area contributed by atoms with Crippen LogP contribution >= 0.6 is 0 Å². The Labute approximate surface area is 133 Å². The zero-order valence-electron chi connectivity index (χ0n) is 13.0. The van der Waals surface area contributed by atoms with Crippen molar-refractivity contribution in [2.75, 3.05) is 19.9 Å². The first-order chi connectivity index (χ1) is 11.0. The molecule has 23 heavy (non-hydrogen) atoms. The van der Waals surface area contributed by atoms with Crippen LogP contribution < -0.4 is 11.1 Å². The average molecular weight is 312 g/mol. The molecule has 0 spiro atoms. The molecule has 0 saturated carbocycles. The first-order valence-electron chi connectivity index (χ1n) is 6.77. The Morgan fingerprint density at radius 2 is 2.09 bits per heavy atom. The van der Waals surface area contributed by atoms with Gasteiger partial charge in [0.25, 0.3) is 5.91 Å². The summed E-state index contributed by atoms with van der Waals surface area (Å²) in [5.41, 5.74) is 7.64. The molecule has 0 bridgehead atoms. The molecule has 7 heteroatoms. The third-order valence-corrected chi connectivity index (χ3v) is 3.49. The van der Waals surface area contributed by atoms with E-state index in [9.17, 15) is 14.9 Å². The number of nitrogens with zero attached hydrogens (tertiary/aromatic N) is 2. The normalized spacial score (nSPS) is 10.0. The highest BCUT2D eigenvalue weighted by Crippen LogP contribution is 2.28. The number of amides is 1. The number of ether oxygens (including phenoxy) is 1. The molecular formula is C16H16N4O3. The van der Waals surface area contributed by atoms with Crippen LogP contribution in [0.15, 0.2) is 24.4 Å². The molecule has 0 aliphatic carbocycles. The largest absolute Gasteiger partial charge is 0.464 e. The van der Waals surface area contributed by atoms with Gasteiger partial charge in [0, 0.05) is 13.2 Å². The number of nitriles is 1. The number of anilines is 1. The number of nitrogens with one attached hydrogen (secondary N) is 1. The van der Waals surface area contributed by atoms with E-state index >= 15 is 0 Å². The van der Waals surface area contributed by atoms with E-state index in [0.29, 0.717) is 11.3 Å². The maximum Gasteiger partial charge on any atom is 0.357 e. The molecule has 1 aromatic carbocycles. The maximum atomic E-state index is 12.1. The second-order valence-corrected chi connectivity index (χ2v) is 4.83. The number of rotatable bonds is 3. The Morgan fingerprint density at radius 3 is 2.65 bits per heavy atom. The average Bonchev–Trinajstić information content (AvgIpc) is 2.89. The van der Waals surface area contributed by atoms with Crippen LogP contribution in [0.5, 0.6) is 0 Å². The van der Waals surface area contributed by atoms with Gasteiger partial charge in [-0.3, -0.25) is 4.79 Å². The number of methoxy groups -OCH3 is 1. The molecule has 1 heterocycles. The minimum atomic E-state index is -0.685. The topological polar surface area (TPSA) is 110 Å². The van der Waals surface area contributed by atoms with Crippen molar-refractivity contribution in [1.29, 1.82) is 5.26 Å². The van der Waals surface area contributed by atoms with Gasteiger partial charge in [0.05, 0.1) is 29.6 Å². The predicted octanol–water partition coefficient (Wildman–Crippen LogP) is 1.39. The van der Waals surface area contributed by atoms with Crippen LogP contribution in [0.25, 0.3) is 5.69 Å². The number of hydrogen-bond acceptors (Lipinski definition) is 5. The summed E-state index contributed by atoms with van der Waals surface area (Å²) in [6, 6.07) is 7.09. The Balaban J connectivity index is 2.85. The fourth-order valence-electron chi connectivity index (χ4n) is 2.39. The Hall–Kier alpha value is -3.27. The molecule has 3 N–H and O–H groups in total. The molecule has 0 aliphatic rings. The number of nitrogens with two attached hydrogens (primary N) is 1. The summed E-state index contributed by atoms with van der Waals surface area (Å²) in [5, 5.41) is 11.7. The van der Waals surface area contributed by atoms with Crippen LogP contribution in [-0.4, -0.2) is 30.6 Å². The van der Waals surface area contributed by atoms with Crippen molar-refractivity contribution in [3.63, 3.8) is 0 Å². The molecule has 2 aromatic rings. The molecule has 118 valence electrons. The van der Waals surface area contributed by atoms with Crippen LogP contribution in [0.2, 0.25) is 0 Å². The number of nitrogen functional groups attached to an aromatic ring is 1. The van der Waals surface area contributed by atoms with E-state index in [1.54, 1.807) is 25.1 Å². The van der Waals surface area contributed by atoms with Crippen molar-refractivity contribution in [1.82, 2.24) is 9.88 Å². The Morgan fingerprint density at radius 1 is 1.39 bits per heavy atom. The molecule has 0 atom stereocenters. The second kappa shape index (κ2) is 6.23. The lowest BCUT2D eigenvalue weighted by molar-refractivity contribution is 0.0592. The van der Waals surface area contributed by atoms with E-state index < -0.39 is 5.97 Å². The van der Waals surface area contributed by atoms with Crippen LogP contribution in [0.4, 0.5) is 5.69 Å². The first kappa shape index (κ1) is 16.1. The van der Waals surface area contributed by atoms with Crippen molar-refractivity contribution >= 4 is 17.6 Å². The number of para-hydroxylation sites is 1. The molecule has 0 unspecified atom stereocenters. The van der Waals surface area contributed by atoms with Gasteiger partial charge >= 0.3 is 5.97 Å². The fraction of sp³-hybridized carbons (Fsp3) is 0.188. The maximum absolute atomic E-state index is 12.1. The first-order valence-corrected chi connectivity index (χ1v) is 6.77. The van der Waals surface area contributed by atoms with Gasteiger partial charge in [-0.15, -0.1) is 0 Å². The van der Waals surface area contributed by atoms with E-state index in [4.69, 9.17) is 10.5 Å². The summed E-state index contributed by atoms with van der Waals surface area (Å²) >= 11 is 0. The second-order valence-electron chi connectivity index (χ2n) is 4.83. The highest BCUT2D eigenvalue weighted by Gasteiger charge is 2.25. The van der Waals surface area contributed by atoms with Crippen LogP contribution in [0.1, 0.15) is 32.0 Å². The van der Waals surface area contributed by atoms with Gasteiger partial charge in [0.2, 0.25) is 0 Å². The van der Waals surface area contributed by atoms with E-state index in [1.165, 1.54) is 24.9 Å². The third kappa shape index (κ3) is 2.62. The molecule has 1 aromatic heterocycles. The molecule has 2 rings (SSSR count). The summed E-state index contributed by atoms with van der Waals surface area (Å²) in [7, 11) is 2.74. The van der Waals surface area contributed by atoms with E-state index in [2.05, 4.69) is 5.32 Å². The van der Waals surface area contributed by atoms with Gasteiger partial charge in [0.15, 0.2) is 5.69 Å². The molecule has 1 amide bonds. The van der Waals surface area contributed by atoms with Crippen LogP contribution in [0.3, 0.4) is 0 Å². The number of benzene rings is 1. The molecule has 0 saturated heterocycles. The lowest BCUT2D eigenvalue weighted by atomic mass is 10.1. The Bertz CT molecular complexity index is 831. The number of carbonyl (C=O) groups is 2. The SMILES string of the molecule is CNC(=O)c1cccc(C)c1-n1cc(C#N)c(N)c1C(=O)OC. The van der Waals surface area contributed by atoms with Crippen LogP contribution in [-0.2, 0) is 4.74 Å². The van der Waals surface area contributed by atoms with Crippen LogP contribution in [0, 0.1) is 18.3 Å². The van der Waals surface area contributed by atoms with E-state index in [1.807, 2.05) is 6.07 Å². The zero-order valence-corrected chi connectivity index (χ0v) is 13.0. The highest BCUT2D eigenvalue weighted by atomic mass is 16.5. The number of aryl methyl sites for hydroxylation is 1. The lowest BCUT2D eigenvalue weighted by Gasteiger charge is -2.15. The number of carbonyl (C=O) groups excluding carboxylic acids is 2. The smallest absolute Gasteiger partial charge is 0.357 e. The Kier molecular flexibility index (Phi) is 4.37. The fourth-order valence-corrected chi connectivity index (χ4v) is 2.39. The third-order valence-electron chi connectivity index (χ3n) is 3.49. The van der Waals surface area contributed by atoms with Gasteiger partial charge in [-0.1, -0.05) is 12.1 Å². The van der Waals surface area contributed by atoms with Gasteiger partial charge < -0.3 is 20.4 Å². The minimum absolute atomic E-state index is 0.0171. The number of hydrogen-bond donors (Lipinski definition) is 2. The van der Waals surface area contributed by atoms with Crippen molar-refractivity contribution in [2.24, 2.45) is 0 Å². The van der Waals surface area contributed by atoms with Crippen molar-refractivity contribution in [2.45, 2.75) is 6.92 Å². The van der Waals surface area contributed by atoms with E-state index in [0.717, 1.165) is 5.56 Å². The van der Waals surface area contributed by atoms with Gasteiger partial charge in [-0.05, 0) is 18.6 Å². The molecule has 0 aliphatic heterocycles. The van der Waals surface area contributed by atoms with E-state index in [-0.39, 0.29) is 22.9 Å². The standard InChI is InChI=1S/C16H16N4O3/c1-9-5-4-6-11(15(21)19-2)13(9)20-8-10(7-17)12(18)14(20)16(22)23-3/h4-6,8H,18H2,1-3H3,(H,19,21). The predicted molar refractivity (Wildman–Crippen MR) is 84.4 cm³/mol. The minimum Gasteiger partial charge on any atom is -0.464 e. The van der Waals surface area contributed by atoms with Crippen molar-refractivity contribution in [3.8, 4) is 11.8 Å². The molecule has 0 fully saturated rings. The van der Waals surface area contributed by atoms with Crippen molar-refractivity contribution < 1.29 is 14.3 Å². The van der Waals surface area contributed by atoms with Gasteiger partial charge in [-0.25, -0.2) is 4.79 Å².